The Morgan fingerprint density at radius 3 is 2.42 bits per heavy atom. The van der Waals surface area contributed by atoms with Gasteiger partial charge >= 0.3 is 0 Å². The molecule has 0 saturated carbocycles. The molecule has 0 bridgehead atoms. The molecule has 0 unspecified atom stereocenters. The number of thiazole rings is 1. The van der Waals surface area contributed by atoms with Crippen LogP contribution in [0.3, 0.4) is 0 Å². The maximum absolute atomic E-state index is 13.0. The summed E-state index contributed by atoms with van der Waals surface area (Å²) in [7, 11) is 0. The maximum atomic E-state index is 13.0. The van der Waals surface area contributed by atoms with Crippen LogP contribution < -0.4 is 9.80 Å². The van der Waals surface area contributed by atoms with Crippen molar-refractivity contribution in [1.29, 1.82) is 0 Å². The molecule has 2 aromatic heterocycles. The fourth-order valence-corrected chi connectivity index (χ4v) is 4.28. The van der Waals surface area contributed by atoms with Crippen molar-refractivity contribution >= 4 is 32.5 Å². The van der Waals surface area contributed by atoms with Gasteiger partial charge in [-0.1, -0.05) is 23.5 Å². The molecule has 1 aliphatic rings. The Balaban J connectivity index is 1.51. The molecular formula is C18H19F2N5S. The smallest absolute Gasteiger partial charge is 0.280 e. The number of fused-ring (bicyclic) bond motifs is 1. The molecule has 0 amide bonds. The van der Waals surface area contributed by atoms with Crippen molar-refractivity contribution in [3.05, 3.63) is 41.3 Å². The van der Waals surface area contributed by atoms with Gasteiger partial charge in [0.25, 0.3) is 6.43 Å². The van der Waals surface area contributed by atoms with Crippen molar-refractivity contribution in [2.75, 3.05) is 36.0 Å². The highest BCUT2D eigenvalue weighted by Crippen LogP contribution is 2.31. The summed E-state index contributed by atoms with van der Waals surface area (Å²) in [4.78, 5) is 17.2. The molecule has 5 nitrogen and oxygen atoms in total. The van der Waals surface area contributed by atoms with E-state index in [-0.39, 0.29) is 5.69 Å². The van der Waals surface area contributed by atoms with Crippen LogP contribution in [0.5, 0.6) is 0 Å². The van der Waals surface area contributed by atoms with Gasteiger partial charge in [0.2, 0.25) is 0 Å². The lowest BCUT2D eigenvalue weighted by Crippen LogP contribution is -2.47. The molecule has 0 radical (unpaired) electrons. The van der Waals surface area contributed by atoms with Gasteiger partial charge in [-0.15, -0.1) is 0 Å². The van der Waals surface area contributed by atoms with E-state index in [1.807, 2.05) is 4.90 Å². The number of rotatable bonds is 3. The van der Waals surface area contributed by atoms with Crippen molar-refractivity contribution in [3.63, 3.8) is 0 Å². The van der Waals surface area contributed by atoms with Crippen LogP contribution in [0.25, 0.3) is 10.2 Å². The van der Waals surface area contributed by atoms with Gasteiger partial charge in [0.15, 0.2) is 5.13 Å². The fraction of sp³-hybridized carbons (Fsp3) is 0.389. The van der Waals surface area contributed by atoms with E-state index in [0.717, 1.165) is 23.7 Å². The minimum atomic E-state index is -2.58. The van der Waals surface area contributed by atoms with Crippen LogP contribution >= 0.6 is 11.3 Å². The summed E-state index contributed by atoms with van der Waals surface area (Å²) < 4.78 is 27.2. The number of hydrogen-bond acceptors (Lipinski definition) is 6. The first-order valence-corrected chi connectivity index (χ1v) is 9.32. The number of halogens is 2. The predicted octanol–water partition coefficient (Wildman–Crippen LogP) is 3.97. The molecule has 3 aromatic rings. The number of hydrogen-bond donors (Lipinski definition) is 0. The first-order valence-electron chi connectivity index (χ1n) is 8.51. The van der Waals surface area contributed by atoms with Crippen molar-refractivity contribution < 1.29 is 8.78 Å². The largest absolute Gasteiger partial charge is 0.353 e. The second-order valence-corrected chi connectivity index (χ2v) is 7.40. The summed E-state index contributed by atoms with van der Waals surface area (Å²) in [5, 5.41) is 1.01. The van der Waals surface area contributed by atoms with E-state index in [0.29, 0.717) is 24.7 Å². The van der Waals surface area contributed by atoms with Crippen LogP contribution in [-0.4, -0.2) is 41.1 Å². The van der Waals surface area contributed by atoms with Crippen LogP contribution in [0.2, 0.25) is 0 Å². The van der Waals surface area contributed by atoms with E-state index in [2.05, 4.69) is 40.0 Å². The molecule has 1 fully saturated rings. The van der Waals surface area contributed by atoms with Gasteiger partial charge < -0.3 is 9.80 Å². The summed E-state index contributed by atoms with van der Waals surface area (Å²) in [6.07, 6.45) is -2.58. The minimum Gasteiger partial charge on any atom is -0.353 e. The van der Waals surface area contributed by atoms with E-state index >= 15 is 0 Å². The van der Waals surface area contributed by atoms with E-state index in [4.69, 9.17) is 4.98 Å². The predicted molar refractivity (Wildman–Crippen MR) is 101 cm³/mol. The molecule has 0 N–H and O–H groups in total. The monoisotopic (exact) mass is 375 g/mol. The van der Waals surface area contributed by atoms with Crippen LogP contribution in [0.1, 0.15) is 23.5 Å². The zero-order chi connectivity index (χ0) is 18.3. The molecule has 1 saturated heterocycles. The Labute approximate surface area is 154 Å². The maximum Gasteiger partial charge on any atom is 0.280 e. The van der Waals surface area contributed by atoms with Crippen LogP contribution in [0.15, 0.2) is 24.3 Å². The zero-order valence-electron chi connectivity index (χ0n) is 14.6. The molecule has 0 atom stereocenters. The van der Waals surface area contributed by atoms with Gasteiger partial charge in [0.1, 0.15) is 17.3 Å². The van der Waals surface area contributed by atoms with Crippen LogP contribution in [-0.2, 0) is 0 Å². The second kappa shape index (κ2) is 6.75. The number of nitrogens with zero attached hydrogens (tertiary/aromatic N) is 5. The van der Waals surface area contributed by atoms with Gasteiger partial charge in [0, 0.05) is 32.2 Å². The quantitative estimate of drug-likeness (QED) is 0.693. The average Bonchev–Trinajstić information content (AvgIpc) is 3.07. The molecular weight excluding hydrogens is 356 g/mol. The molecule has 1 aromatic carbocycles. The zero-order valence-corrected chi connectivity index (χ0v) is 15.4. The van der Waals surface area contributed by atoms with Crippen LogP contribution in [0, 0.1) is 13.8 Å². The van der Waals surface area contributed by atoms with Gasteiger partial charge in [0.05, 0.1) is 10.2 Å². The number of benzene rings is 1. The average molecular weight is 375 g/mol. The molecule has 1 aliphatic heterocycles. The summed E-state index contributed by atoms with van der Waals surface area (Å²) in [6, 6.07) is 7.61. The second-order valence-electron chi connectivity index (χ2n) is 6.39. The Bertz CT molecular complexity index is 934. The number of piperazine rings is 1. The third kappa shape index (κ3) is 3.21. The molecule has 0 spiro atoms. The van der Waals surface area contributed by atoms with E-state index in [1.54, 1.807) is 18.3 Å². The Morgan fingerprint density at radius 2 is 1.73 bits per heavy atom. The number of anilines is 2. The number of aromatic nitrogens is 3. The summed E-state index contributed by atoms with van der Waals surface area (Å²) in [6.45, 7) is 6.72. The third-order valence-corrected chi connectivity index (χ3v) is 5.63. The standard InChI is InChI=1S/C18H19F2N5S/c1-11-4-3-5-14-16(11)23-18(26-14)25-8-6-24(7-9-25)15-10-13(17(19)20)21-12(2)22-15/h3-5,10,17H,6-9H2,1-2H3. The highest BCUT2D eigenvalue weighted by atomic mass is 32.1. The highest BCUT2D eigenvalue weighted by molar-refractivity contribution is 7.22. The van der Waals surface area contributed by atoms with Gasteiger partial charge in [-0.25, -0.2) is 23.7 Å². The minimum absolute atomic E-state index is 0.212. The number of alkyl halides is 2. The van der Waals surface area contributed by atoms with Crippen molar-refractivity contribution in [2.24, 2.45) is 0 Å². The lowest BCUT2D eigenvalue weighted by Gasteiger charge is -2.35. The highest BCUT2D eigenvalue weighted by Gasteiger charge is 2.22. The summed E-state index contributed by atoms with van der Waals surface area (Å²) >= 11 is 1.70. The molecule has 4 rings (SSSR count). The normalized spacial score (nSPS) is 15.3. The summed E-state index contributed by atoms with van der Waals surface area (Å²) in [5.41, 5.74) is 2.03. The SMILES string of the molecule is Cc1nc(C(F)F)cc(N2CCN(c3nc4c(C)cccc4s3)CC2)n1. The Hall–Kier alpha value is -2.35. The lowest BCUT2D eigenvalue weighted by atomic mass is 10.2. The van der Waals surface area contributed by atoms with E-state index < -0.39 is 6.43 Å². The van der Waals surface area contributed by atoms with E-state index in [9.17, 15) is 8.78 Å². The first kappa shape index (κ1) is 17.1. The molecule has 0 aliphatic carbocycles. The van der Waals surface area contributed by atoms with Crippen molar-refractivity contribution in [3.8, 4) is 0 Å². The fourth-order valence-electron chi connectivity index (χ4n) is 3.18. The van der Waals surface area contributed by atoms with Gasteiger partial charge in [-0.3, -0.25) is 0 Å². The molecule has 26 heavy (non-hydrogen) atoms. The number of aryl methyl sites for hydroxylation is 2. The van der Waals surface area contributed by atoms with Crippen LogP contribution in [0.4, 0.5) is 19.7 Å². The molecule has 3 heterocycles. The van der Waals surface area contributed by atoms with Gasteiger partial charge in [-0.2, -0.15) is 0 Å². The lowest BCUT2D eigenvalue weighted by molar-refractivity contribution is 0.145. The topological polar surface area (TPSA) is 45.2 Å². The Morgan fingerprint density at radius 1 is 1.00 bits per heavy atom. The third-order valence-electron chi connectivity index (χ3n) is 4.55. The van der Waals surface area contributed by atoms with Gasteiger partial charge in [-0.05, 0) is 25.5 Å². The van der Waals surface area contributed by atoms with Crippen molar-refractivity contribution in [2.45, 2.75) is 20.3 Å². The molecule has 136 valence electrons. The van der Waals surface area contributed by atoms with Crippen molar-refractivity contribution in [1.82, 2.24) is 15.0 Å². The summed E-state index contributed by atoms with van der Waals surface area (Å²) in [5.74, 6) is 0.953. The Kier molecular flexibility index (Phi) is 4.44. The first-order chi connectivity index (χ1) is 12.5. The molecule has 8 heteroatoms. The number of para-hydroxylation sites is 1. The van der Waals surface area contributed by atoms with E-state index in [1.165, 1.54) is 16.3 Å².